The Bertz CT molecular complexity index is 1450. The molecule has 0 aromatic heterocycles. The summed E-state index contributed by atoms with van der Waals surface area (Å²) < 4.78 is 12.0. The van der Waals surface area contributed by atoms with E-state index in [0.29, 0.717) is 16.3 Å². The molecule has 0 spiro atoms. The standard InChI is InChI=1S/C30H23ClN2O3/c1-19-6-8-22(9-7-19)30(34)35-24-16-12-21(13-17-24)29-33-27(25-4-2-3-5-28(25)36-29)18-26(32-33)20-10-14-23(31)15-11-20/h2-17,27,29H,18H2,1H3/t27-,29+/m1/s1. The Labute approximate surface area is 214 Å². The normalized spacial score (nSPS) is 18.1. The molecule has 2 heterocycles. The highest BCUT2D eigenvalue weighted by molar-refractivity contribution is 6.30. The summed E-state index contributed by atoms with van der Waals surface area (Å²) in [7, 11) is 0. The lowest BCUT2D eigenvalue weighted by Gasteiger charge is -2.38. The van der Waals surface area contributed by atoms with Crippen LogP contribution in [0.3, 0.4) is 0 Å². The molecule has 6 heteroatoms. The summed E-state index contributed by atoms with van der Waals surface area (Å²) in [6.45, 7) is 1.98. The van der Waals surface area contributed by atoms with Crippen molar-refractivity contribution in [3.8, 4) is 11.5 Å². The van der Waals surface area contributed by atoms with Crippen LogP contribution in [0.1, 0.15) is 51.3 Å². The van der Waals surface area contributed by atoms with Gasteiger partial charge in [0, 0.05) is 22.6 Å². The predicted octanol–water partition coefficient (Wildman–Crippen LogP) is 7.11. The van der Waals surface area contributed by atoms with Crippen molar-refractivity contribution in [2.75, 3.05) is 0 Å². The minimum Gasteiger partial charge on any atom is -0.464 e. The van der Waals surface area contributed by atoms with Crippen LogP contribution in [0.2, 0.25) is 5.02 Å². The molecule has 0 unspecified atom stereocenters. The highest BCUT2D eigenvalue weighted by Gasteiger charge is 2.40. The van der Waals surface area contributed by atoms with Gasteiger partial charge in [-0.05, 0) is 67.1 Å². The third-order valence-corrected chi connectivity index (χ3v) is 6.79. The van der Waals surface area contributed by atoms with Crippen molar-refractivity contribution >= 4 is 23.3 Å². The van der Waals surface area contributed by atoms with E-state index in [1.54, 1.807) is 24.3 Å². The topological polar surface area (TPSA) is 51.1 Å². The van der Waals surface area contributed by atoms with Crippen LogP contribution in [0.5, 0.6) is 11.5 Å². The molecule has 0 N–H and O–H groups in total. The van der Waals surface area contributed by atoms with Crippen LogP contribution < -0.4 is 9.47 Å². The van der Waals surface area contributed by atoms with Crippen molar-refractivity contribution in [3.05, 3.63) is 130 Å². The Hall–Kier alpha value is -4.09. The zero-order chi connectivity index (χ0) is 24.6. The maximum Gasteiger partial charge on any atom is 0.343 e. The van der Waals surface area contributed by atoms with Gasteiger partial charge in [-0.15, -0.1) is 0 Å². The number of halogens is 1. The molecule has 2 aliphatic rings. The second-order valence-corrected chi connectivity index (χ2v) is 9.42. The molecule has 0 bridgehead atoms. The number of carbonyl (C=O) groups is 1. The zero-order valence-corrected chi connectivity index (χ0v) is 20.4. The second-order valence-electron chi connectivity index (χ2n) is 8.99. The number of hydrazone groups is 1. The SMILES string of the molecule is Cc1ccc(C(=O)Oc2ccc([C@@H]3Oc4ccccc4[C@H]4CC(c5ccc(Cl)cc5)=NN43)cc2)cc1. The molecule has 0 saturated carbocycles. The lowest BCUT2D eigenvalue weighted by atomic mass is 9.96. The number of carbonyl (C=O) groups excluding carboxylic acids is 1. The molecule has 5 nitrogen and oxygen atoms in total. The number of fused-ring (bicyclic) bond motifs is 3. The number of ether oxygens (including phenoxy) is 2. The molecule has 6 rings (SSSR count). The highest BCUT2D eigenvalue weighted by Crippen LogP contribution is 2.47. The van der Waals surface area contributed by atoms with E-state index in [4.69, 9.17) is 26.2 Å². The van der Waals surface area contributed by atoms with Gasteiger partial charge in [0.05, 0.1) is 17.3 Å². The zero-order valence-electron chi connectivity index (χ0n) is 19.6. The van der Waals surface area contributed by atoms with Gasteiger partial charge in [0.1, 0.15) is 11.5 Å². The quantitative estimate of drug-likeness (QED) is 0.224. The number of para-hydroxylation sites is 1. The Morgan fingerprint density at radius 2 is 1.67 bits per heavy atom. The van der Waals surface area contributed by atoms with E-state index in [1.165, 1.54) is 0 Å². The first kappa shape index (κ1) is 22.4. The molecule has 0 radical (unpaired) electrons. The summed E-state index contributed by atoms with van der Waals surface area (Å²) in [5.74, 6) is 0.942. The maximum absolute atomic E-state index is 12.5. The fraction of sp³-hybridized carbons (Fsp3) is 0.133. The lowest BCUT2D eigenvalue weighted by molar-refractivity contribution is -0.0190. The van der Waals surface area contributed by atoms with Gasteiger partial charge < -0.3 is 9.47 Å². The summed E-state index contributed by atoms with van der Waals surface area (Å²) in [6.07, 6.45) is 0.363. The Morgan fingerprint density at radius 1 is 0.944 bits per heavy atom. The highest BCUT2D eigenvalue weighted by atomic mass is 35.5. The number of benzene rings is 4. The Balaban J connectivity index is 1.28. The van der Waals surface area contributed by atoms with E-state index in [2.05, 4.69) is 6.07 Å². The molecule has 36 heavy (non-hydrogen) atoms. The van der Waals surface area contributed by atoms with Gasteiger partial charge in [0.15, 0.2) is 0 Å². The minimum absolute atomic E-state index is 0.0599. The van der Waals surface area contributed by atoms with Gasteiger partial charge in [0.25, 0.3) is 0 Å². The van der Waals surface area contributed by atoms with Gasteiger partial charge in [-0.3, -0.25) is 0 Å². The molecule has 4 aromatic rings. The molecule has 0 saturated heterocycles. The van der Waals surface area contributed by atoms with Gasteiger partial charge in [-0.1, -0.05) is 59.6 Å². The molecular weight excluding hydrogens is 472 g/mol. The minimum atomic E-state index is -0.406. The Morgan fingerprint density at radius 3 is 2.42 bits per heavy atom. The van der Waals surface area contributed by atoms with Crippen molar-refractivity contribution in [2.45, 2.75) is 25.6 Å². The van der Waals surface area contributed by atoms with Gasteiger partial charge in [0.2, 0.25) is 6.23 Å². The summed E-state index contributed by atoms with van der Waals surface area (Å²) in [5.41, 5.74) is 5.68. The van der Waals surface area contributed by atoms with Gasteiger partial charge in [-0.25, -0.2) is 9.80 Å². The number of hydrogen-bond acceptors (Lipinski definition) is 5. The molecule has 178 valence electrons. The molecule has 2 aliphatic heterocycles. The number of esters is 1. The first-order chi connectivity index (χ1) is 17.5. The maximum atomic E-state index is 12.5. The second kappa shape index (κ2) is 9.17. The van der Waals surface area contributed by atoms with Crippen LogP contribution in [0.15, 0.2) is 102 Å². The largest absolute Gasteiger partial charge is 0.464 e. The number of nitrogens with zero attached hydrogens (tertiary/aromatic N) is 2. The summed E-state index contributed by atoms with van der Waals surface area (Å²) in [5, 5.41) is 7.71. The molecule has 0 fully saturated rings. The number of hydrogen-bond donors (Lipinski definition) is 0. The third kappa shape index (κ3) is 4.23. The smallest absolute Gasteiger partial charge is 0.343 e. The molecule has 2 atom stereocenters. The molecule has 4 aromatic carbocycles. The molecule has 0 aliphatic carbocycles. The van der Waals surface area contributed by atoms with Crippen LogP contribution in [-0.2, 0) is 0 Å². The van der Waals surface area contributed by atoms with Crippen molar-refractivity contribution in [3.63, 3.8) is 0 Å². The number of aryl methyl sites for hydroxylation is 1. The van der Waals surface area contributed by atoms with E-state index in [9.17, 15) is 4.79 Å². The third-order valence-electron chi connectivity index (χ3n) is 6.54. The van der Waals surface area contributed by atoms with Crippen LogP contribution in [0.4, 0.5) is 0 Å². The average molecular weight is 495 g/mol. The first-order valence-corrected chi connectivity index (χ1v) is 12.2. The first-order valence-electron chi connectivity index (χ1n) is 11.8. The van der Waals surface area contributed by atoms with E-state index >= 15 is 0 Å². The van der Waals surface area contributed by atoms with Gasteiger partial charge >= 0.3 is 5.97 Å². The van der Waals surface area contributed by atoms with E-state index in [-0.39, 0.29) is 12.0 Å². The van der Waals surface area contributed by atoms with E-state index < -0.39 is 6.23 Å². The summed E-state index contributed by atoms with van der Waals surface area (Å²) in [6, 6.07) is 30.7. The Kier molecular flexibility index (Phi) is 5.70. The molecule has 0 amide bonds. The van der Waals surface area contributed by atoms with Crippen molar-refractivity contribution in [2.24, 2.45) is 5.10 Å². The monoisotopic (exact) mass is 494 g/mol. The van der Waals surface area contributed by atoms with Crippen LogP contribution in [-0.4, -0.2) is 16.7 Å². The lowest BCUT2D eigenvalue weighted by Crippen LogP contribution is -2.33. The fourth-order valence-electron chi connectivity index (χ4n) is 4.63. The van der Waals surface area contributed by atoms with Crippen LogP contribution >= 0.6 is 11.6 Å². The van der Waals surface area contributed by atoms with Crippen LogP contribution in [0.25, 0.3) is 0 Å². The fourth-order valence-corrected chi connectivity index (χ4v) is 4.75. The number of rotatable bonds is 4. The van der Waals surface area contributed by atoms with Gasteiger partial charge in [-0.2, -0.15) is 5.10 Å². The molecular formula is C30H23ClN2O3. The van der Waals surface area contributed by atoms with Crippen molar-refractivity contribution in [1.82, 2.24) is 5.01 Å². The van der Waals surface area contributed by atoms with Crippen molar-refractivity contribution < 1.29 is 14.3 Å². The van der Waals surface area contributed by atoms with Crippen molar-refractivity contribution in [1.29, 1.82) is 0 Å². The summed E-state index contributed by atoms with van der Waals surface area (Å²) in [4.78, 5) is 12.5. The van der Waals surface area contributed by atoms with E-state index in [1.807, 2.05) is 78.7 Å². The van der Waals surface area contributed by atoms with Crippen LogP contribution in [0, 0.1) is 6.92 Å². The summed E-state index contributed by atoms with van der Waals surface area (Å²) >= 11 is 6.09. The van der Waals surface area contributed by atoms with E-state index in [0.717, 1.165) is 40.1 Å². The average Bonchev–Trinajstić information content (AvgIpc) is 3.35. The predicted molar refractivity (Wildman–Crippen MR) is 140 cm³/mol.